The first-order chi connectivity index (χ1) is 6.15. The first-order valence-corrected chi connectivity index (χ1v) is 5.39. The van der Waals surface area contributed by atoms with E-state index in [1.165, 1.54) is 33.9 Å². The lowest BCUT2D eigenvalue weighted by Crippen LogP contribution is -2.21. The Kier molecular flexibility index (Phi) is 14.3. The zero-order valence-corrected chi connectivity index (χ0v) is 10.0. The quantitative estimate of drug-likeness (QED) is 0.685. The Bertz CT molecular complexity index is 106. The molecule has 5 heteroatoms. The fraction of sp³-hybridized carbons (Fsp3) is 1.00. The zero-order valence-electron chi connectivity index (χ0n) is 9.20. The van der Waals surface area contributed by atoms with Crippen LogP contribution in [0.3, 0.4) is 0 Å². The highest BCUT2D eigenvalue weighted by Gasteiger charge is 1.89. The van der Waals surface area contributed by atoms with Crippen LogP contribution >= 0.6 is 0 Å². The van der Waals surface area contributed by atoms with Gasteiger partial charge >= 0.3 is 11.4 Å². The molecular formula is C8H21NO3S. The van der Waals surface area contributed by atoms with Crippen LogP contribution in [-0.2, 0) is 19.7 Å². The van der Waals surface area contributed by atoms with Crippen molar-refractivity contribution in [1.82, 2.24) is 4.90 Å². The molecule has 0 unspecified atom stereocenters. The second kappa shape index (κ2) is 12.0. The standard InChI is InChI=1S/C6H15N.C2H6O3S/c1-4-7(5-2)6-3;1-4-6(3)5-2/h4-6H2,1-3H3;1-2H3. The summed E-state index contributed by atoms with van der Waals surface area (Å²) in [5.41, 5.74) is 0. The molecule has 82 valence electrons. The smallest absolute Gasteiger partial charge is 0.304 e. The molecule has 0 radical (unpaired) electrons. The van der Waals surface area contributed by atoms with Crippen LogP contribution in [0.5, 0.6) is 0 Å². The minimum absolute atomic E-state index is 1.19. The lowest BCUT2D eigenvalue weighted by molar-refractivity contribution is 0.321. The van der Waals surface area contributed by atoms with Crippen molar-refractivity contribution in [1.29, 1.82) is 0 Å². The Morgan fingerprint density at radius 1 is 1.00 bits per heavy atom. The summed E-state index contributed by atoms with van der Waals surface area (Å²) >= 11 is -1.53. The molecule has 0 aliphatic heterocycles. The van der Waals surface area contributed by atoms with Crippen molar-refractivity contribution in [3.63, 3.8) is 0 Å². The van der Waals surface area contributed by atoms with Crippen molar-refractivity contribution < 1.29 is 12.6 Å². The van der Waals surface area contributed by atoms with Crippen molar-refractivity contribution in [3.8, 4) is 0 Å². The fourth-order valence-corrected chi connectivity index (χ4v) is 0.875. The summed E-state index contributed by atoms with van der Waals surface area (Å²) < 4.78 is 18.1. The van der Waals surface area contributed by atoms with Gasteiger partial charge in [-0.15, -0.1) is 0 Å². The molecule has 0 aromatic heterocycles. The van der Waals surface area contributed by atoms with Gasteiger partial charge in [-0.25, -0.2) is 0 Å². The molecule has 0 heterocycles. The van der Waals surface area contributed by atoms with Crippen LogP contribution in [0.25, 0.3) is 0 Å². The third-order valence-corrected chi connectivity index (χ3v) is 2.16. The second-order valence-corrected chi connectivity index (χ2v) is 3.23. The number of nitrogens with zero attached hydrogens (tertiary/aromatic N) is 1. The van der Waals surface area contributed by atoms with Gasteiger partial charge in [0.1, 0.15) is 0 Å². The topological polar surface area (TPSA) is 38.8 Å². The van der Waals surface area contributed by atoms with E-state index in [4.69, 9.17) is 0 Å². The van der Waals surface area contributed by atoms with E-state index in [2.05, 4.69) is 34.0 Å². The van der Waals surface area contributed by atoms with Crippen LogP contribution in [0.2, 0.25) is 0 Å². The molecule has 0 aromatic rings. The number of rotatable bonds is 5. The van der Waals surface area contributed by atoms with E-state index in [0.29, 0.717) is 0 Å². The molecule has 0 saturated carbocycles. The Balaban J connectivity index is 0. The zero-order chi connectivity index (χ0) is 10.7. The summed E-state index contributed by atoms with van der Waals surface area (Å²) in [7, 11) is 2.61. The molecule has 0 aliphatic rings. The lowest BCUT2D eigenvalue weighted by Gasteiger charge is -2.13. The molecule has 0 fully saturated rings. The average Bonchev–Trinajstić information content (AvgIpc) is 2.20. The van der Waals surface area contributed by atoms with Gasteiger partial charge in [0.15, 0.2) is 0 Å². The molecular weight excluding hydrogens is 190 g/mol. The highest BCUT2D eigenvalue weighted by atomic mass is 32.2. The summed E-state index contributed by atoms with van der Waals surface area (Å²) in [5.74, 6) is 0. The Morgan fingerprint density at radius 2 is 1.31 bits per heavy atom. The van der Waals surface area contributed by atoms with Crippen molar-refractivity contribution in [2.75, 3.05) is 33.9 Å². The maximum atomic E-state index is 9.85. The molecule has 0 amide bonds. The largest absolute Gasteiger partial charge is 0.304 e. The average molecular weight is 211 g/mol. The summed E-state index contributed by atoms with van der Waals surface area (Å²) in [6.45, 7) is 10.1. The van der Waals surface area contributed by atoms with Gasteiger partial charge in [0.25, 0.3) is 0 Å². The molecule has 0 aromatic carbocycles. The Hall–Kier alpha value is 0.0300. The minimum atomic E-state index is -1.53. The predicted octanol–water partition coefficient (Wildman–Crippen LogP) is 1.21. The highest BCUT2D eigenvalue weighted by Crippen LogP contribution is 1.81. The normalized spacial score (nSPS) is 10.1. The van der Waals surface area contributed by atoms with Crippen LogP contribution in [-0.4, -0.2) is 43.0 Å². The molecule has 0 aliphatic carbocycles. The van der Waals surface area contributed by atoms with Crippen LogP contribution in [0, 0.1) is 0 Å². The molecule has 0 bridgehead atoms. The minimum Gasteiger partial charge on any atom is -0.304 e. The van der Waals surface area contributed by atoms with Gasteiger partial charge in [-0.1, -0.05) is 20.8 Å². The number of hydrogen-bond acceptors (Lipinski definition) is 4. The van der Waals surface area contributed by atoms with Crippen LogP contribution in [0.15, 0.2) is 0 Å². The Labute approximate surface area is 84.1 Å². The third-order valence-electron chi connectivity index (χ3n) is 1.61. The molecule has 4 nitrogen and oxygen atoms in total. The first kappa shape index (κ1) is 15.5. The predicted molar refractivity (Wildman–Crippen MR) is 55.6 cm³/mol. The molecule has 0 saturated heterocycles. The van der Waals surface area contributed by atoms with Crippen LogP contribution in [0.4, 0.5) is 0 Å². The monoisotopic (exact) mass is 211 g/mol. The van der Waals surface area contributed by atoms with E-state index in [1.807, 2.05) is 0 Å². The second-order valence-electron chi connectivity index (χ2n) is 2.16. The summed E-state index contributed by atoms with van der Waals surface area (Å²) in [6, 6.07) is 0. The Morgan fingerprint density at radius 3 is 1.31 bits per heavy atom. The molecule has 0 rings (SSSR count). The third kappa shape index (κ3) is 12.0. The molecule has 13 heavy (non-hydrogen) atoms. The maximum Gasteiger partial charge on any atom is 0.304 e. The van der Waals surface area contributed by atoms with Gasteiger partial charge in [0.2, 0.25) is 0 Å². The summed E-state index contributed by atoms with van der Waals surface area (Å²) in [4.78, 5) is 2.38. The van der Waals surface area contributed by atoms with Gasteiger partial charge in [-0.05, 0) is 19.6 Å². The summed E-state index contributed by atoms with van der Waals surface area (Å²) in [5, 5.41) is 0. The van der Waals surface area contributed by atoms with Gasteiger partial charge in [0, 0.05) is 0 Å². The first-order valence-electron chi connectivity index (χ1n) is 4.39. The van der Waals surface area contributed by atoms with E-state index in [9.17, 15) is 4.21 Å². The SMILES string of the molecule is CCN(CC)CC.COS(=O)OC. The fourth-order valence-electron chi connectivity index (χ4n) is 0.739. The summed E-state index contributed by atoms with van der Waals surface area (Å²) in [6.07, 6.45) is 0. The van der Waals surface area contributed by atoms with E-state index in [0.717, 1.165) is 0 Å². The van der Waals surface area contributed by atoms with Crippen molar-refractivity contribution in [2.24, 2.45) is 0 Å². The van der Waals surface area contributed by atoms with Gasteiger partial charge in [-0.3, -0.25) is 8.37 Å². The van der Waals surface area contributed by atoms with E-state index in [-0.39, 0.29) is 0 Å². The van der Waals surface area contributed by atoms with Gasteiger partial charge in [-0.2, -0.15) is 4.21 Å². The van der Waals surface area contributed by atoms with Crippen molar-refractivity contribution in [2.45, 2.75) is 20.8 Å². The van der Waals surface area contributed by atoms with E-state index >= 15 is 0 Å². The van der Waals surface area contributed by atoms with Gasteiger partial charge in [0.05, 0.1) is 14.2 Å². The lowest BCUT2D eigenvalue weighted by atomic mass is 10.5. The van der Waals surface area contributed by atoms with Crippen molar-refractivity contribution in [3.05, 3.63) is 0 Å². The van der Waals surface area contributed by atoms with Crippen LogP contribution in [0.1, 0.15) is 20.8 Å². The number of hydrogen-bond donors (Lipinski definition) is 0. The van der Waals surface area contributed by atoms with Crippen LogP contribution < -0.4 is 0 Å². The van der Waals surface area contributed by atoms with E-state index < -0.39 is 11.4 Å². The molecule has 0 spiro atoms. The van der Waals surface area contributed by atoms with E-state index in [1.54, 1.807) is 0 Å². The molecule has 0 atom stereocenters. The highest BCUT2D eigenvalue weighted by molar-refractivity contribution is 7.75. The molecule has 0 N–H and O–H groups in total. The van der Waals surface area contributed by atoms with Crippen molar-refractivity contribution >= 4 is 11.4 Å². The maximum absolute atomic E-state index is 9.85. The van der Waals surface area contributed by atoms with Gasteiger partial charge < -0.3 is 4.90 Å².